The van der Waals surface area contributed by atoms with Gasteiger partial charge in [0, 0.05) is 26.0 Å². The molecule has 0 aliphatic heterocycles. The summed E-state index contributed by atoms with van der Waals surface area (Å²) in [7, 11) is 0. The molecule has 0 saturated carbocycles. The topological polar surface area (TPSA) is 55.4 Å². The molecule has 4 nitrogen and oxygen atoms in total. The summed E-state index contributed by atoms with van der Waals surface area (Å²) in [5.41, 5.74) is 1.95. The van der Waals surface area contributed by atoms with Gasteiger partial charge in [-0.2, -0.15) is 0 Å². The maximum absolute atomic E-state index is 12.3. The summed E-state index contributed by atoms with van der Waals surface area (Å²) in [5.74, 6) is 0.311. The third kappa shape index (κ3) is 11.8. The number of carbonyl (C=O) groups is 2. The molecule has 0 fully saturated rings. The van der Waals surface area contributed by atoms with E-state index >= 15 is 0 Å². The van der Waals surface area contributed by atoms with Crippen molar-refractivity contribution in [1.29, 1.82) is 0 Å². The number of aryl methyl sites for hydroxylation is 1. The fourth-order valence-corrected chi connectivity index (χ4v) is 3.59. The number of amides is 1. The Bertz CT molecular complexity index is 688. The number of hydrogen-bond donors (Lipinski definition) is 1. The molecule has 0 saturated heterocycles. The van der Waals surface area contributed by atoms with Crippen LogP contribution >= 0.6 is 0 Å². The molecule has 1 aromatic rings. The van der Waals surface area contributed by atoms with E-state index in [0.717, 1.165) is 38.5 Å². The number of Topliss-reactive ketones (excluding diaryl/α,β-unsaturated/α-hetero) is 1. The highest BCUT2D eigenvalue weighted by molar-refractivity contribution is 5.86. The van der Waals surface area contributed by atoms with Gasteiger partial charge < -0.3 is 10.1 Å². The maximum atomic E-state index is 12.3. The van der Waals surface area contributed by atoms with Crippen molar-refractivity contribution >= 4 is 11.7 Å². The van der Waals surface area contributed by atoms with Gasteiger partial charge in [-0.3, -0.25) is 9.59 Å². The first-order valence-electron chi connectivity index (χ1n) is 12.6. The van der Waals surface area contributed by atoms with Gasteiger partial charge in [-0.15, -0.1) is 0 Å². The molecule has 0 spiro atoms. The normalized spacial score (nSPS) is 12.1. The minimum Gasteiger partial charge on any atom is -0.368 e. The van der Waals surface area contributed by atoms with E-state index in [0.29, 0.717) is 26.0 Å². The van der Waals surface area contributed by atoms with Crippen molar-refractivity contribution in [2.45, 2.75) is 117 Å². The largest absolute Gasteiger partial charge is 0.368 e. The van der Waals surface area contributed by atoms with Crippen LogP contribution in [0.25, 0.3) is 0 Å². The van der Waals surface area contributed by atoms with Crippen LogP contribution in [0.4, 0.5) is 0 Å². The van der Waals surface area contributed by atoms with Crippen LogP contribution in [-0.4, -0.2) is 30.4 Å². The summed E-state index contributed by atoms with van der Waals surface area (Å²) in [6.45, 7) is 13.8. The van der Waals surface area contributed by atoms with E-state index in [1.54, 1.807) is 0 Å². The molecule has 0 aromatic heterocycles. The summed E-state index contributed by atoms with van der Waals surface area (Å²) in [5, 5.41) is 3.02. The second-order valence-corrected chi connectivity index (χ2v) is 10.5. The van der Waals surface area contributed by atoms with Gasteiger partial charge in [0.1, 0.15) is 5.60 Å². The monoisotopic (exact) mass is 445 g/mol. The van der Waals surface area contributed by atoms with Crippen LogP contribution in [0.5, 0.6) is 0 Å². The summed E-state index contributed by atoms with van der Waals surface area (Å²) in [4.78, 5) is 24.5. The molecule has 0 aliphatic rings. The molecule has 0 bridgehead atoms. The predicted octanol–water partition coefficient (Wildman–Crippen LogP) is 6.54. The van der Waals surface area contributed by atoms with Gasteiger partial charge in [-0.25, -0.2) is 0 Å². The number of hydrogen-bond acceptors (Lipinski definition) is 3. The van der Waals surface area contributed by atoms with E-state index in [1.807, 2.05) is 13.8 Å². The van der Waals surface area contributed by atoms with Gasteiger partial charge in [-0.1, -0.05) is 71.2 Å². The van der Waals surface area contributed by atoms with Gasteiger partial charge in [-0.05, 0) is 62.5 Å². The third-order valence-corrected chi connectivity index (χ3v) is 5.97. The van der Waals surface area contributed by atoms with Crippen molar-refractivity contribution in [3.05, 3.63) is 35.4 Å². The minimum atomic E-state index is -0.690. The van der Waals surface area contributed by atoms with Crippen LogP contribution in [0.2, 0.25) is 0 Å². The number of ether oxygens (including phenoxy) is 1. The van der Waals surface area contributed by atoms with Gasteiger partial charge in [0.25, 0.3) is 0 Å². The first-order valence-corrected chi connectivity index (χ1v) is 12.6. The smallest absolute Gasteiger partial charge is 0.220 e. The average Bonchev–Trinajstić information content (AvgIpc) is 2.74. The Hall–Kier alpha value is -1.68. The molecular weight excluding hydrogens is 398 g/mol. The van der Waals surface area contributed by atoms with E-state index in [4.69, 9.17) is 4.74 Å². The minimum absolute atomic E-state index is 0.109. The van der Waals surface area contributed by atoms with Crippen LogP contribution in [0.3, 0.4) is 0 Å². The second-order valence-electron chi connectivity index (χ2n) is 10.5. The molecule has 0 aliphatic carbocycles. The predicted molar refractivity (Wildman–Crippen MR) is 134 cm³/mol. The number of unbranched alkanes of at least 4 members (excludes halogenated alkanes) is 5. The standard InChI is InChI=1S/C28H47NO3/c1-7-8-9-11-17-25(30)28(5,6)32-21-13-10-12-20-29-26(31)19-18-23-15-14-16-24(22-23)27(2,3)4/h14-16,22H,7-13,17-21H2,1-6H3,(H,29,31). The molecule has 182 valence electrons. The fraction of sp³-hybridized carbons (Fsp3) is 0.714. The van der Waals surface area contributed by atoms with Gasteiger partial charge in [0.05, 0.1) is 0 Å². The summed E-state index contributed by atoms with van der Waals surface area (Å²) in [6.07, 6.45) is 9.16. The Balaban J connectivity index is 2.14. The first kappa shape index (κ1) is 28.4. The van der Waals surface area contributed by atoms with Gasteiger partial charge >= 0.3 is 0 Å². The van der Waals surface area contributed by atoms with Crippen molar-refractivity contribution in [2.24, 2.45) is 0 Å². The highest BCUT2D eigenvalue weighted by Gasteiger charge is 2.27. The average molecular weight is 446 g/mol. The first-order chi connectivity index (χ1) is 15.1. The fourth-order valence-electron chi connectivity index (χ4n) is 3.59. The molecule has 32 heavy (non-hydrogen) atoms. The van der Waals surface area contributed by atoms with E-state index in [2.05, 4.69) is 57.3 Å². The van der Waals surface area contributed by atoms with Crippen LogP contribution in [0.1, 0.15) is 110 Å². The van der Waals surface area contributed by atoms with Gasteiger partial charge in [0.15, 0.2) is 5.78 Å². The summed E-state index contributed by atoms with van der Waals surface area (Å²) < 4.78 is 5.86. The van der Waals surface area contributed by atoms with Crippen molar-refractivity contribution in [3.63, 3.8) is 0 Å². The molecule has 1 amide bonds. The Labute approximate surface area is 196 Å². The Morgan fingerprint density at radius 2 is 1.62 bits per heavy atom. The molecule has 4 heteroatoms. The lowest BCUT2D eigenvalue weighted by Crippen LogP contribution is -2.35. The second kappa shape index (κ2) is 14.5. The molecule has 0 unspecified atom stereocenters. The number of rotatable bonds is 16. The van der Waals surface area contributed by atoms with E-state index in [1.165, 1.54) is 24.0 Å². The Morgan fingerprint density at radius 3 is 2.31 bits per heavy atom. The lowest BCUT2D eigenvalue weighted by Gasteiger charge is -2.24. The van der Waals surface area contributed by atoms with Crippen molar-refractivity contribution in [1.82, 2.24) is 5.32 Å². The Kier molecular flexibility index (Phi) is 12.8. The van der Waals surface area contributed by atoms with E-state index in [-0.39, 0.29) is 17.1 Å². The number of nitrogens with one attached hydrogen (secondary N) is 1. The highest BCUT2D eigenvalue weighted by Crippen LogP contribution is 2.23. The molecular formula is C28H47NO3. The lowest BCUT2D eigenvalue weighted by atomic mass is 9.86. The van der Waals surface area contributed by atoms with Crippen LogP contribution in [0.15, 0.2) is 24.3 Å². The summed E-state index contributed by atoms with van der Waals surface area (Å²) >= 11 is 0. The number of ketones is 1. The van der Waals surface area contributed by atoms with Crippen molar-refractivity contribution in [2.75, 3.05) is 13.2 Å². The number of benzene rings is 1. The molecule has 1 rings (SSSR count). The van der Waals surface area contributed by atoms with Crippen molar-refractivity contribution < 1.29 is 14.3 Å². The maximum Gasteiger partial charge on any atom is 0.220 e. The quantitative estimate of drug-likeness (QED) is 0.294. The molecule has 0 atom stereocenters. The molecule has 0 heterocycles. The zero-order valence-electron chi connectivity index (χ0n) is 21.5. The van der Waals surface area contributed by atoms with E-state index < -0.39 is 5.60 Å². The van der Waals surface area contributed by atoms with Crippen molar-refractivity contribution in [3.8, 4) is 0 Å². The van der Waals surface area contributed by atoms with Crippen LogP contribution in [-0.2, 0) is 26.2 Å². The Morgan fingerprint density at radius 1 is 0.906 bits per heavy atom. The van der Waals surface area contributed by atoms with E-state index in [9.17, 15) is 9.59 Å². The van der Waals surface area contributed by atoms with Crippen LogP contribution < -0.4 is 5.32 Å². The zero-order chi connectivity index (χ0) is 24.0. The number of carbonyl (C=O) groups excluding carboxylic acids is 2. The summed E-state index contributed by atoms with van der Waals surface area (Å²) in [6, 6.07) is 8.54. The SMILES string of the molecule is CCCCCCC(=O)C(C)(C)OCCCCCNC(=O)CCc1cccc(C(C)(C)C)c1. The molecule has 1 aromatic carbocycles. The zero-order valence-corrected chi connectivity index (χ0v) is 21.5. The third-order valence-electron chi connectivity index (χ3n) is 5.97. The van der Waals surface area contributed by atoms with Crippen LogP contribution in [0, 0.1) is 0 Å². The molecule has 0 radical (unpaired) electrons. The highest BCUT2D eigenvalue weighted by atomic mass is 16.5. The van der Waals surface area contributed by atoms with Gasteiger partial charge in [0.2, 0.25) is 5.91 Å². The molecule has 1 N–H and O–H groups in total. The lowest BCUT2D eigenvalue weighted by molar-refractivity contribution is -0.140.